The van der Waals surface area contributed by atoms with Crippen LogP contribution in [-0.4, -0.2) is 51.2 Å². The van der Waals surface area contributed by atoms with E-state index in [1.807, 2.05) is 17.1 Å². The molecule has 1 aromatic heterocycles. The van der Waals surface area contributed by atoms with Crippen LogP contribution in [0.2, 0.25) is 0 Å². The van der Waals surface area contributed by atoms with Crippen LogP contribution in [0.4, 0.5) is 0 Å². The fourth-order valence-corrected chi connectivity index (χ4v) is 1.77. The fourth-order valence-electron chi connectivity index (χ4n) is 1.77. The van der Waals surface area contributed by atoms with E-state index in [9.17, 15) is 0 Å². The molecule has 0 atom stereocenters. The zero-order valence-corrected chi connectivity index (χ0v) is 11.6. The molecule has 0 bridgehead atoms. The molecule has 0 aliphatic carbocycles. The van der Waals surface area contributed by atoms with Gasteiger partial charge in [-0.05, 0) is 27.2 Å². The van der Waals surface area contributed by atoms with Crippen molar-refractivity contribution in [3.05, 3.63) is 18.0 Å². The van der Waals surface area contributed by atoms with Crippen LogP contribution in [0, 0.1) is 0 Å². The molecular formula is C13H25N3O2. The number of rotatable bonds is 7. The Balaban J connectivity index is 2.60. The minimum Gasteiger partial charge on any atom is -0.396 e. The second-order valence-electron chi connectivity index (χ2n) is 5.54. The van der Waals surface area contributed by atoms with Crippen molar-refractivity contribution >= 4 is 0 Å². The Morgan fingerprint density at radius 2 is 1.94 bits per heavy atom. The second kappa shape index (κ2) is 6.87. The summed E-state index contributed by atoms with van der Waals surface area (Å²) in [5.74, 6) is 0. The van der Waals surface area contributed by atoms with Gasteiger partial charge in [-0.3, -0.25) is 9.58 Å². The van der Waals surface area contributed by atoms with Gasteiger partial charge in [0.1, 0.15) is 0 Å². The van der Waals surface area contributed by atoms with E-state index in [0.29, 0.717) is 6.54 Å². The van der Waals surface area contributed by atoms with Crippen molar-refractivity contribution in [3.8, 4) is 0 Å². The summed E-state index contributed by atoms with van der Waals surface area (Å²) in [5.41, 5.74) is 1.13. The highest BCUT2D eigenvalue weighted by Crippen LogP contribution is 2.14. The quantitative estimate of drug-likeness (QED) is 0.757. The number of aliphatic hydroxyl groups is 2. The summed E-state index contributed by atoms with van der Waals surface area (Å²) in [7, 11) is 0. The first-order chi connectivity index (χ1) is 8.47. The van der Waals surface area contributed by atoms with Crippen molar-refractivity contribution in [1.82, 2.24) is 14.7 Å². The lowest BCUT2D eigenvalue weighted by Gasteiger charge is -2.21. The zero-order valence-electron chi connectivity index (χ0n) is 11.6. The summed E-state index contributed by atoms with van der Waals surface area (Å²) >= 11 is 0. The van der Waals surface area contributed by atoms with E-state index >= 15 is 0 Å². The monoisotopic (exact) mass is 255 g/mol. The summed E-state index contributed by atoms with van der Waals surface area (Å²) in [6.45, 7) is 8.83. The van der Waals surface area contributed by atoms with Crippen LogP contribution in [0.5, 0.6) is 0 Å². The predicted molar refractivity (Wildman–Crippen MR) is 71.3 cm³/mol. The van der Waals surface area contributed by atoms with Crippen molar-refractivity contribution in [2.24, 2.45) is 0 Å². The topological polar surface area (TPSA) is 61.5 Å². The maximum atomic E-state index is 9.02. The molecule has 2 N–H and O–H groups in total. The average molecular weight is 255 g/mol. The number of nitrogens with zero attached hydrogens (tertiary/aromatic N) is 3. The third-order valence-electron chi connectivity index (χ3n) is 2.78. The van der Waals surface area contributed by atoms with E-state index < -0.39 is 0 Å². The van der Waals surface area contributed by atoms with Gasteiger partial charge in [0.15, 0.2) is 0 Å². The van der Waals surface area contributed by atoms with Gasteiger partial charge in [-0.15, -0.1) is 0 Å². The molecule has 0 aromatic carbocycles. The van der Waals surface area contributed by atoms with E-state index in [1.54, 1.807) is 0 Å². The van der Waals surface area contributed by atoms with Gasteiger partial charge in [-0.25, -0.2) is 0 Å². The van der Waals surface area contributed by atoms with E-state index in [4.69, 9.17) is 10.2 Å². The van der Waals surface area contributed by atoms with Crippen molar-refractivity contribution in [2.75, 3.05) is 26.3 Å². The van der Waals surface area contributed by atoms with Crippen LogP contribution in [0.15, 0.2) is 12.4 Å². The smallest absolute Gasteiger partial charge is 0.0558 e. The number of hydrogen-bond donors (Lipinski definition) is 2. The largest absolute Gasteiger partial charge is 0.396 e. The van der Waals surface area contributed by atoms with E-state index in [-0.39, 0.29) is 18.8 Å². The van der Waals surface area contributed by atoms with Crippen LogP contribution in [0.3, 0.4) is 0 Å². The van der Waals surface area contributed by atoms with Gasteiger partial charge in [-0.1, -0.05) is 0 Å². The van der Waals surface area contributed by atoms with E-state index in [2.05, 4.69) is 30.8 Å². The van der Waals surface area contributed by atoms with Crippen molar-refractivity contribution in [2.45, 2.75) is 39.3 Å². The number of hydrogen-bond acceptors (Lipinski definition) is 4. The van der Waals surface area contributed by atoms with E-state index in [0.717, 1.165) is 25.1 Å². The van der Waals surface area contributed by atoms with Crippen molar-refractivity contribution in [1.29, 1.82) is 0 Å². The lowest BCUT2D eigenvalue weighted by atomic mass is 10.1. The summed E-state index contributed by atoms with van der Waals surface area (Å²) in [4.78, 5) is 2.13. The second-order valence-corrected chi connectivity index (χ2v) is 5.54. The Bertz CT molecular complexity index is 344. The van der Waals surface area contributed by atoms with Crippen molar-refractivity contribution < 1.29 is 10.2 Å². The molecule has 1 rings (SSSR count). The molecule has 0 aliphatic heterocycles. The van der Waals surface area contributed by atoms with Crippen LogP contribution >= 0.6 is 0 Å². The van der Waals surface area contributed by atoms with Gasteiger partial charge in [0, 0.05) is 38.0 Å². The minimum atomic E-state index is -0.00877. The Labute approximate surface area is 109 Å². The molecule has 0 amide bonds. The maximum Gasteiger partial charge on any atom is 0.0558 e. The summed E-state index contributed by atoms with van der Waals surface area (Å²) in [5, 5.41) is 22.2. The standard InChI is InChI=1S/C13H25N3O2/c1-13(2,3)16-11-12(9-14-16)10-15(6-8-18)5-4-7-17/h9,11,17-18H,4-8,10H2,1-3H3. The lowest BCUT2D eigenvalue weighted by molar-refractivity contribution is 0.174. The fraction of sp³-hybridized carbons (Fsp3) is 0.769. The van der Waals surface area contributed by atoms with Gasteiger partial charge in [0.05, 0.1) is 18.3 Å². The first-order valence-corrected chi connectivity index (χ1v) is 6.45. The van der Waals surface area contributed by atoms with Gasteiger partial charge >= 0.3 is 0 Å². The van der Waals surface area contributed by atoms with E-state index in [1.165, 1.54) is 0 Å². The normalized spacial score (nSPS) is 12.3. The number of aromatic nitrogens is 2. The van der Waals surface area contributed by atoms with Gasteiger partial charge in [-0.2, -0.15) is 5.10 Å². The molecule has 0 saturated carbocycles. The molecular weight excluding hydrogens is 230 g/mol. The Kier molecular flexibility index (Phi) is 5.78. The number of aliphatic hydroxyl groups excluding tert-OH is 2. The highest BCUT2D eigenvalue weighted by atomic mass is 16.3. The third kappa shape index (κ3) is 4.76. The minimum absolute atomic E-state index is 0.00877. The lowest BCUT2D eigenvalue weighted by Crippen LogP contribution is -2.28. The average Bonchev–Trinajstić information content (AvgIpc) is 2.74. The summed E-state index contributed by atoms with van der Waals surface area (Å²) < 4.78 is 1.95. The molecule has 5 heteroatoms. The Hall–Kier alpha value is -0.910. The first-order valence-electron chi connectivity index (χ1n) is 6.45. The maximum absolute atomic E-state index is 9.02. The molecule has 0 fully saturated rings. The molecule has 0 unspecified atom stereocenters. The summed E-state index contributed by atoms with van der Waals surface area (Å²) in [6.07, 6.45) is 4.64. The molecule has 5 nitrogen and oxygen atoms in total. The zero-order chi connectivity index (χ0) is 13.6. The molecule has 1 aromatic rings. The molecule has 0 aliphatic rings. The van der Waals surface area contributed by atoms with Gasteiger partial charge < -0.3 is 10.2 Å². The van der Waals surface area contributed by atoms with Crippen LogP contribution in [0.1, 0.15) is 32.8 Å². The highest BCUT2D eigenvalue weighted by molar-refractivity contribution is 5.05. The van der Waals surface area contributed by atoms with Crippen LogP contribution in [-0.2, 0) is 12.1 Å². The molecule has 0 saturated heterocycles. The third-order valence-corrected chi connectivity index (χ3v) is 2.78. The molecule has 0 spiro atoms. The summed E-state index contributed by atoms with van der Waals surface area (Å²) in [6, 6.07) is 0. The Morgan fingerprint density at radius 1 is 1.22 bits per heavy atom. The van der Waals surface area contributed by atoms with Crippen LogP contribution in [0.25, 0.3) is 0 Å². The van der Waals surface area contributed by atoms with Crippen LogP contribution < -0.4 is 0 Å². The molecule has 1 heterocycles. The Morgan fingerprint density at radius 3 is 2.44 bits per heavy atom. The molecule has 104 valence electrons. The van der Waals surface area contributed by atoms with Gasteiger partial charge in [0.25, 0.3) is 0 Å². The van der Waals surface area contributed by atoms with Gasteiger partial charge in [0.2, 0.25) is 0 Å². The highest BCUT2D eigenvalue weighted by Gasteiger charge is 2.15. The first kappa shape index (κ1) is 15.1. The van der Waals surface area contributed by atoms with Crippen molar-refractivity contribution in [3.63, 3.8) is 0 Å². The molecule has 0 radical (unpaired) electrons. The SMILES string of the molecule is CC(C)(C)n1cc(CN(CCO)CCCO)cn1. The predicted octanol–water partition coefficient (Wildman–Crippen LogP) is 0.815. The molecule has 18 heavy (non-hydrogen) atoms.